The number of rotatable bonds is 5. The largest absolute Gasteiger partial charge is 0.419 e. The minimum Gasteiger partial charge on any atom is -0.340 e. The molecule has 0 saturated carbocycles. The van der Waals surface area contributed by atoms with Gasteiger partial charge in [-0.1, -0.05) is 17.4 Å². The second-order valence-corrected chi connectivity index (χ2v) is 7.50. The average molecular weight is 459 g/mol. The average Bonchev–Trinajstić information content (AvgIpc) is 3.23. The summed E-state index contributed by atoms with van der Waals surface area (Å²) < 4.78 is 52.3. The Morgan fingerprint density at radius 2 is 1.78 bits per heavy atom. The van der Waals surface area contributed by atoms with Crippen molar-refractivity contribution in [2.75, 3.05) is 10.6 Å². The minimum atomic E-state index is -4.81. The number of hydrogen-bond donors (Lipinski definition) is 2. The Morgan fingerprint density at radius 1 is 1.00 bits per heavy atom. The lowest BCUT2D eigenvalue weighted by Crippen LogP contribution is -2.11. The summed E-state index contributed by atoms with van der Waals surface area (Å²) in [6.45, 7) is 0. The molecule has 0 aliphatic rings. The van der Waals surface area contributed by atoms with Crippen molar-refractivity contribution in [1.82, 2.24) is 15.0 Å². The zero-order valence-electron chi connectivity index (χ0n) is 16.0. The van der Waals surface area contributed by atoms with Gasteiger partial charge in [0.2, 0.25) is 0 Å². The van der Waals surface area contributed by atoms with Gasteiger partial charge in [-0.3, -0.25) is 10.1 Å². The van der Waals surface area contributed by atoms with Crippen molar-refractivity contribution in [3.63, 3.8) is 0 Å². The van der Waals surface area contributed by atoms with E-state index in [1.54, 1.807) is 36.5 Å². The summed E-state index contributed by atoms with van der Waals surface area (Å²) in [5.74, 6) is -1.19. The van der Waals surface area contributed by atoms with Gasteiger partial charge in [0.25, 0.3) is 5.91 Å². The summed E-state index contributed by atoms with van der Waals surface area (Å²) in [6.07, 6.45) is -0.490. The van der Waals surface area contributed by atoms with Crippen LogP contribution in [0.15, 0.2) is 67.3 Å². The lowest BCUT2D eigenvalue weighted by molar-refractivity contribution is -0.139. The van der Waals surface area contributed by atoms with Gasteiger partial charge in [-0.05, 0) is 48.0 Å². The highest BCUT2D eigenvalue weighted by Crippen LogP contribution is 2.36. The Bertz CT molecular complexity index is 1240. The van der Waals surface area contributed by atoms with Crippen LogP contribution >= 0.6 is 11.3 Å². The van der Waals surface area contributed by atoms with Gasteiger partial charge in [0, 0.05) is 23.6 Å². The Labute approximate surface area is 183 Å². The summed E-state index contributed by atoms with van der Waals surface area (Å²) in [5.41, 5.74) is -0.133. The molecule has 2 aromatic carbocycles. The fourth-order valence-electron chi connectivity index (χ4n) is 2.75. The standard InChI is InChI=1S/C21H13F4N5OS/c22-16-6-3-13(9-15(16)21(23,24)25)17-10-27-20(32-17)30-19(31)12-1-4-14(5-2-12)29-18-7-8-26-11-28-18/h1-11H,(H,26,28,29)(H,27,30,31). The minimum absolute atomic E-state index is 0.150. The molecule has 162 valence electrons. The molecule has 0 aliphatic heterocycles. The predicted molar refractivity (Wildman–Crippen MR) is 112 cm³/mol. The van der Waals surface area contributed by atoms with Crippen LogP contribution < -0.4 is 10.6 Å². The van der Waals surface area contributed by atoms with Crippen LogP contribution in [0.1, 0.15) is 15.9 Å². The molecular formula is C21H13F4N5OS. The fraction of sp³-hybridized carbons (Fsp3) is 0.0476. The van der Waals surface area contributed by atoms with E-state index in [0.29, 0.717) is 21.9 Å². The molecule has 32 heavy (non-hydrogen) atoms. The van der Waals surface area contributed by atoms with E-state index in [1.165, 1.54) is 18.6 Å². The first-order valence-electron chi connectivity index (χ1n) is 9.07. The lowest BCUT2D eigenvalue weighted by Gasteiger charge is -2.09. The fourth-order valence-corrected chi connectivity index (χ4v) is 3.56. The first-order valence-corrected chi connectivity index (χ1v) is 9.88. The number of thiazole rings is 1. The van der Waals surface area contributed by atoms with Crippen LogP contribution in [-0.4, -0.2) is 20.9 Å². The molecule has 0 unspecified atom stereocenters. The highest BCUT2D eigenvalue weighted by molar-refractivity contribution is 7.19. The van der Waals surface area contributed by atoms with Gasteiger partial charge in [-0.25, -0.2) is 19.3 Å². The van der Waals surface area contributed by atoms with E-state index in [0.717, 1.165) is 23.5 Å². The van der Waals surface area contributed by atoms with Crippen molar-refractivity contribution in [1.29, 1.82) is 0 Å². The molecule has 0 bridgehead atoms. The Morgan fingerprint density at radius 3 is 2.47 bits per heavy atom. The van der Waals surface area contributed by atoms with Gasteiger partial charge < -0.3 is 5.32 Å². The van der Waals surface area contributed by atoms with Gasteiger partial charge in [-0.15, -0.1) is 0 Å². The summed E-state index contributed by atoms with van der Waals surface area (Å²) in [5, 5.41) is 5.87. The van der Waals surface area contributed by atoms with Crippen molar-refractivity contribution in [3.8, 4) is 10.4 Å². The third-order valence-electron chi connectivity index (χ3n) is 4.28. The third-order valence-corrected chi connectivity index (χ3v) is 5.25. The Hall–Kier alpha value is -3.86. The number of nitrogens with zero attached hydrogens (tertiary/aromatic N) is 3. The van der Waals surface area contributed by atoms with E-state index in [1.807, 2.05) is 0 Å². The molecule has 2 aromatic heterocycles. The van der Waals surface area contributed by atoms with Crippen molar-refractivity contribution in [2.24, 2.45) is 0 Å². The summed E-state index contributed by atoms with van der Waals surface area (Å²) in [6, 6.07) is 11.0. The molecule has 2 heterocycles. The second kappa shape index (κ2) is 8.71. The number of halogens is 4. The van der Waals surface area contributed by atoms with Crippen LogP contribution in [0.5, 0.6) is 0 Å². The van der Waals surface area contributed by atoms with Crippen LogP contribution in [0.25, 0.3) is 10.4 Å². The number of anilines is 3. The highest BCUT2D eigenvalue weighted by atomic mass is 32.1. The van der Waals surface area contributed by atoms with Gasteiger partial charge in [0.05, 0.1) is 10.4 Å². The SMILES string of the molecule is O=C(Nc1ncc(-c2ccc(F)c(C(F)(F)F)c2)s1)c1ccc(Nc2ccncn2)cc1. The van der Waals surface area contributed by atoms with E-state index in [-0.39, 0.29) is 10.7 Å². The number of amides is 1. The molecule has 0 aliphatic carbocycles. The number of benzene rings is 2. The maximum absolute atomic E-state index is 13.5. The number of nitrogens with one attached hydrogen (secondary N) is 2. The summed E-state index contributed by atoms with van der Waals surface area (Å²) >= 11 is 0.980. The molecule has 0 radical (unpaired) electrons. The number of hydrogen-bond acceptors (Lipinski definition) is 6. The Kier molecular flexibility index (Phi) is 5.82. The first kappa shape index (κ1) is 21.4. The summed E-state index contributed by atoms with van der Waals surface area (Å²) in [7, 11) is 0. The van der Waals surface area contributed by atoms with E-state index in [4.69, 9.17) is 0 Å². The highest BCUT2D eigenvalue weighted by Gasteiger charge is 2.34. The molecule has 0 atom stereocenters. The molecule has 0 saturated heterocycles. The number of carbonyl (C=O) groups excluding carboxylic acids is 1. The molecule has 1 amide bonds. The first-order chi connectivity index (χ1) is 15.3. The topological polar surface area (TPSA) is 79.8 Å². The number of aromatic nitrogens is 3. The van der Waals surface area contributed by atoms with E-state index in [9.17, 15) is 22.4 Å². The van der Waals surface area contributed by atoms with Gasteiger partial charge in [0.1, 0.15) is 18.0 Å². The molecule has 6 nitrogen and oxygen atoms in total. The van der Waals surface area contributed by atoms with Crippen LogP contribution in [0.2, 0.25) is 0 Å². The van der Waals surface area contributed by atoms with Crippen molar-refractivity contribution in [2.45, 2.75) is 6.18 Å². The quantitative estimate of drug-likeness (QED) is 0.371. The molecule has 4 rings (SSSR count). The maximum atomic E-state index is 13.5. The van der Waals surface area contributed by atoms with Crippen molar-refractivity contribution < 1.29 is 22.4 Å². The van der Waals surface area contributed by atoms with E-state index in [2.05, 4.69) is 25.6 Å². The third kappa shape index (κ3) is 4.89. The maximum Gasteiger partial charge on any atom is 0.419 e. The lowest BCUT2D eigenvalue weighted by atomic mass is 10.1. The second-order valence-electron chi connectivity index (χ2n) is 6.47. The summed E-state index contributed by atoms with van der Waals surface area (Å²) in [4.78, 5) is 24.7. The number of carbonyl (C=O) groups is 1. The van der Waals surface area contributed by atoms with Gasteiger partial charge in [-0.2, -0.15) is 13.2 Å². The molecule has 0 spiro atoms. The van der Waals surface area contributed by atoms with Crippen molar-refractivity contribution in [3.05, 3.63) is 84.2 Å². The van der Waals surface area contributed by atoms with Crippen molar-refractivity contribution >= 4 is 33.9 Å². The van der Waals surface area contributed by atoms with Crippen LogP contribution in [0.3, 0.4) is 0 Å². The smallest absolute Gasteiger partial charge is 0.340 e. The monoisotopic (exact) mass is 459 g/mol. The zero-order chi connectivity index (χ0) is 22.7. The molecule has 11 heteroatoms. The molecule has 4 aromatic rings. The van der Waals surface area contributed by atoms with Gasteiger partial charge in [0.15, 0.2) is 5.13 Å². The van der Waals surface area contributed by atoms with E-state index < -0.39 is 23.5 Å². The predicted octanol–water partition coefficient (Wildman–Crippen LogP) is 5.75. The van der Waals surface area contributed by atoms with Gasteiger partial charge >= 0.3 is 6.18 Å². The molecular weight excluding hydrogens is 446 g/mol. The van der Waals surface area contributed by atoms with Crippen LogP contribution in [0, 0.1) is 5.82 Å². The molecule has 2 N–H and O–H groups in total. The van der Waals surface area contributed by atoms with Crippen LogP contribution in [-0.2, 0) is 6.18 Å². The molecule has 0 fully saturated rings. The number of alkyl halides is 3. The van der Waals surface area contributed by atoms with Crippen LogP contribution in [0.4, 0.5) is 34.2 Å². The zero-order valence-corrected chi connectivity index (χ0v) is 16.8. The Balaban J connectivity index is 1.45. The van der Waals surface area contributed by atoms with E-state index >= 15 is 0 Å². The normalized spacial score (nSPS) is 11.2.